The third-order valence-electron chi connectivity index (χ3n) is 7.39. The molecule has 5 atom stereocenters. The molecule has 1 aromatic heterocycles. The van der Waals surface area contributed by atoms with Gasteiger partial charge in [-0.05, 0) is 77.5 Å². The normalized spacial score (nSPS) is 14.3. The van der Waals surface area contributed by atoms with Crippen LogP contribution in [-0.4, -0.2) is 94.9 Å². The Morgan fingerprint density at radius 2 is 1.54 bits per heavy atom. The Bertz CT molecular complexity index is 1660. The second kappa shape index (κ2) is 19.4. The number of benzene rings is 1. The summed E-state index contributed by atoms with van der Waals surface area (Å²) in [7, 11) is 0. The van der Waals surface area contributed by atoms with Gasteiger partial charge in [-0.25, -0.2) is 9.59 Å². The van der Waals surface area contributed by atoms with Crippen molar-refractivity contribution in [2.75, 3.05) is 18.5 Å². The number of carbonyl (C=O) groups is 5. The minimum Gasteiger partial charge on any atom is -0.444 e. The summed E-state index contributed by atoms with van der Waals surface area (Å²) in [6, 6.07) is 0.438. The van der Waals surface area contributed by atoms with Crippen LogP contribution in [0.2, 0.25) is 0 Å². The minimum absolute atomic E-state index is 0.0216. The largest absolute Gasteiger partial charge is 0.444 e. The number of alkyl carbamates (subject to hydrolysis) is 1. The summed E-state index contributed by atoms with van der Waals surface area (Å²) >= 11 is 0. The molecule has 0 saturated heterocycles. The number of hydrogen-bond acceptors (Lipinski definition) is 11. The van der Waals surface area contributed by atoms with Gasteiger partial charge in [0.25, 0.3) is 0 Å². The highest BCUT2D eigenvalue weighted by molar-refractivity contribution is 6.00. The Labute approximate surface area is 301 Å². The molecule has 1 aromatic carbocycles. The van der Waals surface area contributed by atoms with Crippen LogP contribution < -0.4 is 43.7 Å². The van der Waals surface area contributed by atoms with Crippen molar-refractivity contribution in [3.63, 3.8) is 0 Å². The first kappa shape index (κ1) is 42.9. The molecule has 0 aliphatic heterocycles. The lowest BCUT2D eigenvalue weighted by Crippen LogP contribution is -2.61. The SMILES string of the molecule is Cc1cc(=O)oc2cc(NC(=O)[C@H](CCCN=C(N)N)NC(=O)[C@@H](NC(=O)[C@H](CO)NC(=O)[C@H](CC(C)C)NC(=O)OC(C)(C)C)[C@@H](C)O)ccc12. The fourth-order valence-corrected chi connectivity index (χ4v) is 4.94. The highest BCUT2D eigenvalue weighted by Gasteiger charge is 2.34. The zero-order chi connectivity index (χ0) is 39.3. The molecule has 0 fully saturated rings. The van der Waals surface area contributed by atoms with Gasteiger partial charge in [-0.1, -0.05) is 13.8 Å². The third-order valence-corrected chi connectivity index (χ3v) is 7.39. The number of aryl methyl sites for hydroxylation is 1. The van der Waals surface area contributed by atoms with E-state index >= 15 is 0 Å². The van der Waals surface area contributed by atoms with Crippen molar-refractivity contribution in [1.82, 2.24) is 21.3 Å². The monoisotopic (exact) mass is 732 g/mol. The molecule has 18 heteroatoms. The van der Waals surface area contributed by atoms with E-state index in [1.54, 1.807) is 39.8 Å². The predicted molar refractivity (Wildman–Crippen MR) is 193 cm³/mol. The molecule has 0 bridgehead atoms. The van der Waals surface area contributed by atoms with Crippen molar-refractivity contribution in [2.45, 2.75) is 104 Å². The number of nitrogens with one attached hydrogen (secondary N) is 5. The Morgan fingerprint density at radius 3 is 2.12 bits per heavy atom. The Hall–Kier alpha value is -5.23. The van der Waals surface area contributed by atoms with Gasteiger partial charge in [-0.15, -0.1) is 0 Å². The molecule has 2 rings (SSSR count). The molecule has 11 N–H and O–H groups in total. The highest BCUT2D eigenvalue weighted by Crippen LogP contribution is 2.21. The molecule has 0 radical (unpaired) electrons. The van der Waals surface area contributed by atoms with Crippen molar-refractivity contribution in [3.8, 4) is 0 Å². The van der Waals surface area contributed by atoms with Crippen molar-refractivity contribution in [2.24, 2.45) is 22.4 Å². The van der Waals surface area contributed by atoms with Crippen molar-refractivity contribution in [1.29, 1.82) is 0 Å². The molecular weight excluding hydrogens is 680 g/mol. The Balaban J connectivity index is 2.23. The predicted octanol–water partition coefficient (Wildman–Crippen LogP) is -0.140. The summed E-state index contributed by atoms with van der Waals surface area (Å²) in [6.45, 7) is 10.8. The van der Waals surface area contributed by atoms with Crippen molar-refractivity contribution >= 4 is 52.3 Å². The van der Waals surface area contributed by atoms with Gasteiger partial charge in [0.05, 0.1) is 12.7 Å². The summed E-state index contributed by atoms with van der Waals surface area (Å²) in [6.07, 6.45) is -1.93. The number of guanidine groups is 1. The zero-order valence-corrected chi connectivity index (χ0v) is 30.6. The summed E-state index contributed by atoms with van der Waals surface area (Å²) in [5.74, 6) is -3.70. The quantitative estimate of drug-likeness (QED) is 0.0445. The van der Waals surface area contributed by atoms with Gasteiger partial charge in [0, 0.05) is 29.8 Å². The second-order valence-corrected chi connectivity index (χ2v) is 13.8. The van der Waals surface area contributed by atoms with Gasteiger partial charge in [0.15, 0.2) is 5.96 Å². The van der Waals surface area contributed by atoms with Gasteiger partial charge in [-0.3, -0.25) is 24.2 Å². The number of aliphatic hydroxyl groups excluding tert-OH is 2. The lowest BCUT2D eigenvalue weighted by Gasteiger charge is -2.27. The average molecular weight is 733 g/mol. The maximum absolute atomic E-state index is 13.5. The van der Waals surface area contributed by atoms with E-state index in [2.05, 4.69) is 31.6 Å². The standard InChI is InChI=1S/C34H52N8O10/c1-17(2)13-23(41-33(50)52-34(5,6)7)29(47)40-24(16-43)30(48)42-27(19(4)44)31(49)39-22(9-8-12-37-32(35)36)28(46)38-20-10-11-21-18(3)14-26(45)51-25(21)15-20/h10-11,14-15,17,19,22-24,27,43-44H,8-9,12-13,16H2,1-7H3,(H,38,46)(H,39,49)(H,40,47)(H,41,50)(H,42,48)(H4,35,36,37)/t19-,22+,23+,24+,27+/m1/s1. The first-order chi connectivity index (χ1) is 24.2. The molecule has 18 nitrogen and oxygen atoms in total. The highest BCUT2D eigenvalue weighted by atomic mass is 16.6. The van der Waals surface area contributed by atoms with Crippen molar-refractivity contribution in [3.05, 3.63) is 40.2 Å². The molecule has 0 unspecified atom stereocenters. The number of carbonyl (C=O) groups excluding carboxylic acids is 5. The molecule has 0 spiro atoms. The van der Waals surface area contributed by atoms with Crippen LogP contribution >= 0.6 is 0 Å². The molecule has 0 aliphatic rings. The number of amides is 5. The maximum atomic E-state index is 13.5. The van der Waals surface area contributed by atoms with Gasteiger partial charge < -0.3 is 57.4 Å². The zero-order valence-electron chi connectivity index (χ0n) is 30.6. The fourth-order valence-electron chi connectivity index (χ4n) is 4.94. The summed E-state index contributed by atoms with van der Waals surface area (Å²) in [5.41, 5.74) is 10.5. The number of nitrogens with zero attached hydrogens (tertiary/aromatic N) is 1. The smallest absolute Gasteiger partial charge is 0.408 e. The Morgan fingerprint density at radius 1 is 0.904 bits per heavy atom. The van der Waals surface area contributed by atoms with Crippen LogP contribution in [0.5, 0.6) is 0 Å². The molecular formula is C34H52N8O10. The number of hydrogen-bond donors (Lipinski definition) is 9. The van der Waals surface area contributed by atoms with E-state index < -0.39 is 77.8 Å². The number of ether oxygens (including phenoxy) is 1. The van der Waals surface area contributed by atoms with E-state index in [9.17, 15) is 39.0 Å². The van der Waals surface area contributed by atoms with E-state index in [0.29, 0.717) is 10.9 Å². The fraction of sp³-hybridized carbons (Fsp3) is 0.559. The number of nitrogens with two attached hydrogens (primary N) is 2. The Kier molecular flexibility index (Phi) is 16.0. The van der Waals surface area contributed by atoms with Gasteiger partial charge in [0.1, 0.15) is 35.4 Å². The lowest BCUT2D eigenvalue weighted by atomic mass is 10.0. The molecule has 52 heavy (non-hydrogen) atoms. The third kappa shape index (κ3) is 14.2. The van der Waals surface area contributed by atoms with Gasteiger partial charge in [0.2, 0.25) is 23.6 Å². The number of rotatable bonds is 17. The summed E-state index contributed by atoms with van der Waals surface area (Å²) < 4.78 is 10.5. The minimum atomic E-state index is -1.64. The molecule has 0 aliphatic carbocycles. The number of anilines is 1. The summed E-state index contributed by atoms with van der Waals surface area (Å²) in [4.78, 5) is 81.5. The average Bonchev–Trinajstić information content (AvgIpc) is 3.01. The molecule has 0 saturated carbocycles. The maximum Gasteiger partial charge on any atom is 0.408 e. The van der Waals surface area contributed by atoms with E-state index in [-0.39, 0.29) is 49.0 Å². The van der Waals surface area contributed by atoms with Gasteiger partial charge in [-0.2, -0.15) is 0 Å². The topological polar surface area (TPSA) is 290 Å². The van der Waals surface area contributed by atoms with E-state index in [4.69, 9.17) is 20.6 Å². The van der Waals surface area contributed by atoms with Crippen molar-refractivity contribution < 1.29 is 43.3 Å². The molecule has 1 heterocycles. The summed E-state index contributed by atoms with van der Waals surface area (Å²) in [5, 5.41) is 33.5. The molecule has 288 valence electrons. The van der Waals surface area contributed by atoms with Crippen LogP contribution in [0.3, 0.4) is 0 Å². The number of fused-ring (bicyclic) bond motifs is 1. The van der Waals surface area contributed by atoms with Crippen LogP contribution in [-0.2, 0) is 23.9 Å². The molecule has 2 aromatic rings. The number of aliphatic hydroxyl groups is 2. The van der Waals surface area contributed by atoms with Crippen LogP contribution in [0.4, 0.5) is 10.5 Å². The van der Waals surface area contributed by atoms with Gasteiger partial charge >= 0.3 is 11.7 Å². The first-order valence-corrected chi connectivity index (χ1v) is 16.8. The lowest BCUT2D eigenvalue weighted by molar-refractivity contribution is -0.136. The van der Waals surface area contributed by atoms with Crippen LogP contribution in [0, 0.1) is 12.8 Å². The molecule has 5 amide bonds. The first-order valence-electron chi connectivity index (χ1n) is 16.8. The second-order valence-electron chi connectivity index (χ2n) is 13.8. The van der Waals surface area contributed by atoms with E-state index in [0.717, 1.165) is 0 Å². The van der Waals surface area contributed by atoms with E-state index in [1.807, 2.05) is 13.8 Å². The van der Waals surface area contributed by atoms with E-state index in [1.165, 1.54) is 19.1 Å². The number of aliphatic imine (C=N–C) groups is 1. The van der Waals surface area contributed by atoms with Crippen LogP contribution in [0.1, 0.15) is 66.4 Å². The van der Waals surface area contributed by atoms with Crippen LogP contribution in [0.25, 0.3) is 11.0 Å². The van der Waals surface area contributed by atoms with Crippen LogP contribution in [0.15, 0.2) is 38.5 Å².